The molecule has 0 aromatic carbocycles. The quantitative estimate of drug-likeness (QED) is 0.558. The third-order valence-corrected chi connectivity index (χ3v) is 4.13. The Morgan fingerprint density at radius 1 is 1.36 bits per heavy atom. The van der Waals surface area contributed by atoms with Gasteiger partial charge in [0, 0.05) is 0 Å². The van der Waals surface area contributed by atoms with Gasteiger partial charge in [-0.05, 0) is 42.9 Å². The van der Waals surface area contributed by atoms with E-state index in [1.807, 2.05) is 0 Å². The number of rotatable bonds is 5. The lowest BCUT2D eigenvalue weighted by molar-refractivity contribution is 0.358. The normalized spacial score (nSPS) is 31.4. The lowest BCUT2D eigenvalue weighted by Gasteiger charge is -2.17. The Bertz CT molecular complexity index is 171. The maximum Gasteiger partial charge on any atom is -0.0236 e. The van der Waals surface area contributed by atoms with E-state index < -0.39 is 0 Å². The lowest BCUT2D eigenvalue weighted by atomic mass is 9.88. The molecule has 0 bridgehead atoms. The molecule has 0 aromatic rings. The minimum atomic E-state index is 0.733. The summed E-state index contributed by atoms with van der Waals surface area (Å²) < 4.78 is 0. The monoisotopic (exact) mass is 194 g/mol. The van der Waals surface area contributed by atoms with Gasteiger partial charge in [0.1, 0.15) is 0 Å². The third-order valence-electron chi connectivity index (χ3n) is 4.13. The van der Waals surface area contributed by atoms with E-state index >= 15 is 0 Å². The molecule has 1 fully saturated rings. The summed E-state index contributed by atoms with van der Waals surface area (Å²) in [6, 6.07) is 0. The van der Waals surface area contributed by atoms with Gasteiger partial charge in [0.05, 0.1) is 0 Å². The average molecular weight is 194 g/mol. The van der Waals surface area contributed by atoms with Crippen molar-refractivity contribution >= 4 is 0 Å². The van der Waals surface area contributed by atoms with Crippen LogP contribution in [0.15, 0.2) is 12.7 Å². The highest BCUT2D eigenvalue weighted by Gasteiger charge is 2.27. The Balaban J connectivity index is 2.30. The first kappa shape index (κ1) is 11.8. The summed E-state index contributed by atoms with van der Waals surface area (Å²) >= 11 is 0. The van der Waals surface area contributed by atoms with E-state index in [0.29, 0.717) is 0 Å². The van der Waals surface area contributed by atoms with E-state index in [0.717, 1.165) is 23.7 Å². The minimum absolute atomic E-state index is 0.733. The van der Waals surface area contributed by atoms with Crippen LogP contribution >= 0.6 is 0 Å². The van der Waals surface area contributed by atoms with Crippen molar-refractivity contribution in [2.45, 2.75) is 52.9 Å². The van der Waals surface area contributed by atoms with Crippen LogP contribution in [0, 0.1) is 23.7 Å². The fraction of sp³-hybridized carbons (Fsp3) is 0.857. The predicted octanol–water partition coefficient (Wildman–Crippen LogP) is 4.66. The van der Waals surface area contributed by atoms with Crippen LogP contribution in [0.4, 0.5) is 0 Å². The molecule has 0 aliphatic heterocycles. The summed E-state index contributed by atoms with van der Waals surface area (Å²) in [6.07, 6.45) is 9.30. The molecule has 1 aliphatic carbocycles. The van der Waals surface area contributed by atoms with Gasteiger partial charge in [0.25, 0.3) is 0 Å². The molecule has 4 atom stereocenters. The van der Waals surface area contributed by atoms with Gasteiger partial charge in [0.15, 0.2) is 0 Å². The molecule has 0 amide bonds. The maximum atomic E-state index is 3.91. The fourth-order valence-electron chi connectivity index (χ4n) is 2.73. The molecule has 0 heteroatoms. The Morgan fingerprint density at radius 3 is 2.64 bits per heavy atom. The van der Waals surface area contributed by atoms with Gasteiger partial charge in [-0.1, -0.05) is 39.7 Å². The van der Waals surface area contributed by atoms with Crippen LogP contribution < -0.4 is 0 Å². The molecular formula is C14H26. The van der Waals surface area contributed by atoms with Crippen LogP contribution in [0.5, 0.6) is 0 Å². The zero-order valence-corrected chi connectivity index (χ0v) is 10.1. The first-order chi connectivity index (χ1) is 6.67. The largest absolute Gasteiger partial charge is 0.103 e. The minimum Gasteiger partial charge on any atom is -0.103 e. The number of hydrogen-bond acceptors (Lipinski definition) is 0. The van der Waals surface area contributed by atoms with E-state index in [9.17, 15) is 0 Å². The predicted molar refractivity (Wildman–Crippen MR) is 64.3 cm³/mol. The average Bonchev–Trinajstić information content (AvgIpc) is 2.65. The van der Waals surface area contributed by atoms with Gasteiger partial charge in [0.2, 0.25) is 0 Å². The molecule has 14 heavy (non-hydrogen) atoms. The fourth-order valence-corrected chi connectivity index (χ4v) is 2.73. The third kappa shape index (κ3) is 3.15. The number of hydrogen-bond donors (Lipinski definition) is 0. The summed E-state index contributed by atoms with van der Waals surface area (Å²) in [5, 5.41) is 0. The van der Waals surface area contributed by atoms with Crippen LogP contribution in [-0.2, 0) is 0 Å². The van der Waals surface area contributed by atoms with Crippen molar-refractivity contribution in [3.8, 4) is 0 Å². The Kier molecular flexibility index (Phi) is 4.71. The first-order valence-electron chi connectivity index (χ1n) is 6.29. The second kappa shape index (κ2) is 5.58. The van der Waals surface area contributed by atoms with Crippen molar-refractivity contribution in [3.63, 3.8) is 0 Å². The van der Waals surface area contributed by atoms with Gasteiger partial charge in [-0.15, -0.1) is 6.58 Å². The molecule has 0 spiro atoms. The van der Waals surface area contributed by atoms with Crippen LogP contribution in [0.2, 0.25) is 0 Å². The Hall–Kier alpha value is -0.260. The van der Waals surface area contributed by atoms with Crippen molar-refractivity contribution in [3.05, 3.63) is 12.7 Å². The molecule has 1 saturated carbocycles. The van der Waals surface area contributed by atoms with Gasteiger partial charge in [-0.25, -0.2) is 0 Å². The van der Waals surface area contributed by atoms with Crippen LogP contribution in [0.25, 0.3) is 0 Å². The smallest absolute Gasteiger partial charge is 0.0236 e. The van der Waals surface area contributed by atoms with Crippen LogP contribution in [0.1, 0.15) is 52.9 Å². The molecule has 1 aliphatic rings. The highest BCUT2D eigenvalue weighted by molar-refractivity contribution is 4.87. The van der Waals surface area contributed by atoms with Gasteiger partial charge < -0.3 is 0 Å². The van der Waals surface area contributed by atoms with Crippen molar-refractivity contribution in [2.24, 2.45) is 23.7 Å². The summed E-state index contributed by atoms with van der Waals surface area (Å²) in [5.41, 5.74) is 0. The van der Waals surface area contributed by atoms with Crippen molar-refractivity contribution in [1.29, 1.82) is 0 Å². The van der Waals surface area contributed by atoms with Crippen LogP contribution in [0.3, 0.4) is 0 Å². The van der Waals surface area contributed by atoms with E-state index in [2.05, 4.69) is 33.4 Å². The van der Waals surface area contributed by atoms with Gasteiger partial charge in [-0.2, -0.15) is 0 Å². The second-order valence-corrected chi connectivity index (χ2v) is 5.28. The van der Waals surface area contributed by atoms with E-state index in [-0.39, 0.29) is 0 Å². The summed E-state index contributed by atoms with van der Waals surface area (Å²) in [4.78, 5) is 0. The summed E-state index contributed by atoms with van der Waals surface area (Å²) in [7, 11) is 0. The molecular weight excluding hydrogens is 168 g/mol. The van der Waals surface area contributed by atoms with E-state index in [1.165, 1.54) is 32.1 Å². The molecule has 0 heterocycles. The molecule has 0 radical (unpaired) electrons. The first-order valence-corrected chi connectivity index (χ1v) is 6.29. The molecule has 0 saturated heterocycles. The second-order valence-electron chi connectivity index (χ2n) is 5.28. The molecule has 0 N–H and O–H groups in total. The molecule has 0 aromatic heterocycles. The molecule has 0 nitrogen and oxygen atoms in total. The summed E-state index contributed by atoms with van der Waals surface area (Å²) in [5.74, 6) is 3.61. The highest BCUT2D eigenvalue weighted by Crippen LogP contribution is 2.39. The SMILES string of the molecule is C=CC(C)C1CCC(CC(C)CC)C1. The molecule has 4 unspecified atom stereocenters. The Morgan fingerprint density at radius 2 is 2.07 bits per heavy atom. The van der Waals surface area contributed by atoms with Crippen molar-refractivity contribution in [1.82, 2.24) is 0 Å². The maximum absolute atomic E-state index is 3.91. The summed E-state index contributed by atoms with van der Waals surface area (Å²) in [6.45, 7) is 10.9. The van der Waals surface area contributed by atoms with Crippen molar-refractivity contribution in [2.75, 3.05) is 0 Å². The van der Waals surface area contributed by atoms with Crippen LogP contribution in [-0.4, -0.2) is 0 Å². The number of allylic oxidation sites excluding steroid dienone is 1. The standard InChI is InChI=1S/C14H26/c1-5-11(3)9-13-7-8-14(10-13)12(4)6-2/h6,11-14H,2,5,7-10H2,1,3-4H3. The van der Waals surface area contributed by atoms with E-state index in [1.54, 1.807) is 0 Å². The van der Waals surface area contributed by atoms with E-state index in [4.69, 9.17) is 0 Å². The lowest BCUT2D eigenvalue weighted by Crippen LogP contribution is -2.07. The Labute approximate surface area is 89.8 Å². The zero-order chi connectivity index (χ0) is 10.6. The topological polar surface area (TPSA) is 0 Å². The zero-order valence-electron chi connectivity index (χ0n) is 10.1. The molecule has 82 valence electrons. The van der Waals surface area contributed by atoms with Gasteiger partial charge in [-0.3, -0.25) is 0 Å². The highest BCUT2D eigenvalue weighted by atomic mass is 14.3. The van der Waals surface area contributed by atoms with Gasteiger partial charge >= 0.3 is 0 Å². The molecule has 1 rings (SSSR count). The van der Waals surface area contributed by atoms with Crippen molar-refractivity contribution < 1.29 is 0 Å².